The maximum absolute atomic E-state index is 12.8. The first-order valence-electron chi connectivity index (χ1n) is 8.44. The lowest BCUT2D eigenvalue weighted by Gasteiger charge is -2.31. The summed E-state index contributed by atoms with van der Waals surface area (Å²) >= 11 is 0. The van der Waals surface area contributed by atoms with E-state index in [0.717, 1.165) is 32.4 Å². The van der Waals surface area contributed by atoms with Crippen molar-refractivity contribution in [2.24, 2.45) is 16.6 Å². The van der Waals surface area contributed by atoms with Gasteiger partial charge in [0.1, 0.15) is 6.04 Å². The Bertz CT molecular complexity index is 450. The van der Waals surface area contributed by atoms with E-state index in [1.54, 1.807) is 0 Å². The lowest BCUT2D eigenvalue weighted by atomic mass is 9.90. The molecule has 2 aliphatic rings. The molecule has 0 spiro atoms. The summed E-state index contributed by atoms with van der Waals surface area (Å²) in [6.45, 7) is 11.1. The van der Waals surface area contributed by atoms with Gasteiger partial charge in [0.25, 0.3) is 0 Å². The van der Waals surface area contributed by atoms with Gasteiger partial charge < -0.3 is 15.5 Å². The van der Waals surface area contributed by atoms with Crippen LogP contribution in [0.2, 0.25) is 0 Å². The van der Waals surface area contributed by atoms with Gasteiger partial charge in [-0.3, -0.25) is 9.59 Å². The molecule has 2 aliphatic heterocycles. The van der Waals surface area contributed by atoms with Crippen molar-refractivity contribution in [2.45, 2.75) is 59.4 Å². The van der Waals surface area contributed by atoms with E-state index in [-0.39, 0.29) is 41.1 Å². The van der Waals surface area contributed by atoms with E-state index in [1.807, 2.05) is 9.80 Å². The normalized spacial score (nSPS) is 28.0. The number of hydrogen-bond acceptors (Lipinski definition) is 3. The molecule has 2 unspecified atom stereocenters. The van der Waals surface area contributed by atoms with Crippen molar-refractivity contribution >= 4 is 24.2 Å². The molecule has 2 heterocycles. The molecule has 6 heteroatoms. The van der Waals surface area contributed by atoms with E-state index in [1.165, 1.54) is 0 Å². The summed E-state index contributed by atoms with van der Waals surface area (Å²) in [7, 11) is 0. The highest BCUT2D eigenvalue weighted by atomic mass is 35.5. The van der Waals surface area contributed by atoms with Gasteiger partial charge in [-0.2, -0.15) is 0 Å². The van der Waals surface area contributed by atoms with Gasteiger partial charge in [-0.05, 0) is 36.6 Å². The molecular weight excluding hydrogens is 314 g/mol. The molecule has 2 saturated heterocycles. The lowest BCUT2D eigenvalue weighted by molar-refractivity contribution is -0.144. The fourth-order valence-electron chi connectivity index (χ4n) is 3.47. The van der Waals surface area contributed by atoms with Crippen LogP contribution in [0.5, 0.6) is 0 Å². The summed E-state index contributed by atoms with van der Waals surface area (Å²) in [4.78, 5) is 29.1. The Kier molecular flexibility index (Phi) is 6.50. The third-order valence-corrected chi connectivity index (χ3v) is 4.90. The monoisotopic (exact) mass is 345 g/mol. The van der Waals surface area contributed by atoms with Crippen molar-refractivity contribution in [3.05, 3.63) is 0 Å². The minimum Gasteiger partial charge on any atom is -0.340 e. The minimum atomic E-state index is -0.255. The highest BCUT2D eigenvalue weighted by Crippen LogP contribution is 2.31. The molecule has 2 N–H and O–H groups in total. The van der Waals surface area contributed by atoms with E-state index in [9.17, 15) is 9.59 Å². The molecule has 134 valence electrons. The number of carbonyl (C=O) groups excluding carboxylic acids is 2. The van der Waals surface area contributed by atoms with Crippen molar-refractivity contribution in [2.75, 3.05) is 26.2 Å². The highest BCUT2D eigenvalue weighted by molar-refractivity contribution is 5.88. The predicted molar refractivity (Wildman–Crippen MR) is 94.4 cm³/mol. The van der Waals surface area contributed by atoms with Gasteiger partial charge in [-0.25, -0.2) is 0 Å². The predicted octanol–water partition coefficient (Wildman–Crippen LogP) is 2.03. The molecule has 0 aromatic carbocycles. The number of halogens is 1. The number of rotatable bonds is 3. The average molecular weight is 346 g/mol. The molecule has 2 amide bonds. The molecule has 2 atom stereocenters. The van der Waals surface area contributed by atoms with E-state index in [4.69, 9.17) is 5.73 Å². The van der Waals surface area contributed by atoms with E-state index in [0.29, 0.717) is 19.5 Å². The first kappa shape index (κ1) is 20.2. The Labute approximate surface area is 146 Å². The smallest absolute Gasteiger partial charge is 0.245 e. The highest BCUT2D eigenvalue weighted by Gasteiger charge is 2.41. The van der Waals surface area contributed by atoms with Gasteiger partial charge in [0.2, 0.25) is 11.8 Å². The van der Waals surface area contributed by atoms with Gasteiger partial charge in [-0.1, -0.05) is 27.7 Å². The van der Waals surface area contributed by atoms with Crippen molar-refractivity contribution in [1.82, 2.24) is 9.80 Å². The van der Waals surface area contributed by atoms with E-state index < -0.39 is 0 Å². The molecule has 2 rings (SSSR count). The molecule has 0 saturated carbocycles. The third kappa shape index (κ3) is 4.83. The summed E-state index contributed by atoms with van der Waals surface area (Å²) in [5.41, 5.74) is 5.82. The van der Waals surface area contributed by atoms with Crippen LogP contribution in [-0.2, 0) is 9.59 Å². The molecule has 0 aromatic rings. The number of nitrogens with zero attached hydrogens (tertiary/aromatic N) is 2. The molecule has 2 fully saturated rings. The average Bonchev–Trinajstić information content (AvgIpc) is 3.03. The van der Waals surface area contributed by atoms with Gasteiger partial charge in [0.15, 0.2) is 0 Å². The number of nitrogens with two attached hydrogens (primary N) is 1. The van der Waals surface area contributed by atoms with Crippen LogP contribution in [-0.4, -0.2) is 53.8 Å². The van der Waals surface area contributed by atoms with Crippen molar-refractivity contribution in [3.8, 4) is 0 Å². The van der Waals surface area contributed by atoms with Crippen LogP contribution in [0, 0.1) is 10.8 Å². The van der Waals surface area contributed by atoms with Crippen LogP contribution in [0.15, 0.2) is 0 Å². The van der Waals surface area contributed by atoms with E-state index in [2.05, 4.69) is 27.7 Å². The Hall–Kier alpha value is -0.810. The SMILES string of the molecule is CC(C)(C)CC(=O)N1CCCC1C(=O)N1CCC(C)(CN)C1.Cl. The minimum absolute atomic E-state index is 0. The molecular formula is C17H32ClN3O2. The second-order valence-electron chi connectivity index (χ2n) is 8.51. The standard InChI is InChI=1S/C17H31N3O2.ClH/c1-16(2,3)10-14(21)20-8-5-6-13(20)15(22)19-9-7-17(4,11-18)12-19;/h13H,5-12,18H2,1-4H3;1H. The first-order chi connectivity index (χ1) is 10.2. The lowest BCUT2D eigenvalue weighted by Crippen LogP contribution is -2.48. The summed E-state index contributed by atoms with van der Waals surface area (Å²) in [6, 6.07) is -0.255. The van der Waals surface area contributed by atoms with Gasteiger partial charge in [0, 0.05) is 26.1 Å². The molecule has 0 bridgehead atoms. The van der Waals surface area contributed by atoms with Crippen LogP contribution in [0.3, 0.4) is 0 Å². The summed E-state index contributed by atoms with van der Waals surface area (Å²) in [5, 5.41) is 0. The van der Waals surface area contributed by atoms with Crippen LogP contribution < -0.4 is 5.73 Å². The van der Waals surface area contributed by atoms with Gasteiger partial charge >= 0.3 is 0 Å². The van der Waals surface area contributed by atoms with E-state index >= 15 is 0 Å². The molecule has 5 nitrogen and oxygen atoms in total. The zero-order valence-electron chi connectivity index (χ0n) is 14.9. The van der Waals surface area contributed by atoms with Crippen LogP contribution in [0.25, 0.3) is 0 Å². The van der Waals surface area contributed by atoms with Crippen LogP contribution >= 0.6 is 12.4 Å². The summed E-state index contributed by atoms with van der Waals surface area (Å²) < 4.78 is 0. The Morgan fingerprint density at radius 1 is 1.26 bits per heavy atom. The van der Waals surface area contributed by atoms with Crippen molar-refractivity contribution < 1.29 is 9.59 Å². The number of hydrogen-bond donors (Lipinski definition) is 1. The quantitative estimate of drug-likeness (QED) is 0.851. The topological polar surface area (TPSA) is 66.6 Å². The molecule has 0 aromatic heterocycles. The van der Waals surface area contributed by atoms with Crippen LogP contribution in [0.1, 0.15) is 53.4 Å². The maximum atomic E-state index is 12.8. The molecule has 0 aliphatic carbocycles. The summed E-state index contributed by atoms with van der Waals surface area (Å²) in [6.07, 6.45) is 3.17. The zero-order valence-corrected chi connectivity index (χ0v) is 15.7. The Morgan fingerprint density at radius 2 is 1.91 bits per heavy atom. The van der Waals surface area contributed by atoms with Gasteiger partial charge in [0.05, 0.1) is 0 Å². The third-order valence-electron chi connectivity index (χ3n) is 4.90. The number of amides is 2. The van der Waals surface area contributed by atoms with Crippen molar-refractivity contribution in [1.29, 1.82) is 0 Å². The fourth-order valence-corrected chi connectivity index (χ4v) is 3.47. The Morgan fingerprint density at radius 3 is 2.43 bits per heavy atom. The molecule has 23 heavy (non-hydrogen) atoms. The largest absolute Gasteiger partial charge is 0.340 e. The van der Waals surface area contributed by atoms with Gasteiger partial charge in [-0.15, -0.1) is 12.4 Å². The molecule has 0 radical (unpaired) electrons. The fraction of sp³-hybridized carbons (Fsp3) is 0.882. The second kappa shape index (κ2) is 7.39. The second-order valence-corrected chi connectivity index (χ2v) is 8.51. The summed E-state index contributed by atoms with van der Waals surface area (Å²) in [5.74, 6) is 0.237. The Balaban J connectivity index is 0.00000264. The first-order valence-corrected chi connectivity index (χ1v) is 8.44. The zero-order chi connectivity index (χ0) is 16.5. The maximum Gasteiger partial charge on any atom is 0.245 e. The van der Waals surface area contributed by atoms with Crippen LogP contribution in [0.4, 0.5) is 0 Å². The number of likely N-dealkylation sites (tertiary alicyclic amines) is 2. The number of carbonyl (C=O) groups is 2. The van der Waals surface area contributed by atoms with Crippen molar-refractivity contribution in [3.63, 3.8) is 0 Å².